The van der Waals surface area contributed by atoms with Gasteiger partial charge in [-0.3, -0.25) is 10.1 Å². The number of hydrogen-bond donors (Lipinski definition) is 1. The van der Waals surface area contributed by atoms with Gasteiger partial charge in [0.25, 0.3) is 0 Å². The van der Waals surface area contributed by atoms with E-state index in [1.54, 1.807) is 0 Å². The Balaban J connectivity index is 1.67. The fourth-order valence-corrected chi connectivity index (χ4v) is 2.72. The van der Waals surface area contributed by atoms with E-state index in [0.717, 1.165) is 38.8 Å². The van der Waals surface area contributed by atoms with Crippen molar-refractivity contribution in [3.63, 3.8) is 0 Å². The molecule has 4 heteroatoms. The normalized spacial score (nSPS) is 37.9. The lowest BCUT2D eigenvalue weighted by Crippen LogP contribution is -2.40. The van der Waals surface area contributed by atoms with Crippen LogP contribution in [0.4, 0.5) is 0 Å². The van der Waals surface area contributed by atoms with Crippen molar-refractivity contribution < 1.29 is 9.53 Å². The molecule has 0 bridgehead atoms. The molecule has 1 N–H and O–H groups in total. The molecule has 3 fully saturated rings. The molecule has 2 unspecified atom stereocenters. The molecule has 0 radical (unpaired) electrons. The van der Waals surface area contributed by atoms with Gasteiger partial charge in [0.1, 0.15) is 0 Å². The van der Waals surface area contributed by atoms with Crippen molar-refractivity contribution >= 4 is 5.91 Å². The molecule has 0 aromatic rings. The van der Waals surface area contributed by atoms with Crippen molar-refractivity contribution in [3.05, 3.63) is 0 Å². The number of nitrogens with zero attached hydrogens (tertiary/aromatic N) is 1. The maximum atomic E-state index is 12.1. The summed E-state index contributed by atoms with van der Waals surface area (Å²) in [7, 11) is 0. The first kappa shape index (κ1) is 9.60. The highest BCUT2D eigenvalue weighted by atomic mass is 16.5. The fourth-order valence-electron chi connectivity index (χ4n) is 2.72. The smallest absolute Gasteiger partial charge is 0.244 e. The van der Waals surface area contributed by atoms with Gasteiger partial charge >= 0.3 is 0 Å². The first-order valence-corrected chi connectivity index (χ1v) is 5.92. The topological polar surface area (TPSA) is 41.6 Å². The molecule has 1 amide bonds. The van der Waals surface area contributed by atoms with Crippen molar-refractivity contribution in [3.8, 4) is 0 Å². The Labute approximate surface area is 90.0 Å². The van der Waals surface area contributed by atoms with Crippen molar-refractivity contribution in [1.29, 1.82) is 0 Å². The van der Waals surface area contributed by atoms with Crippen molar-refractivity contribution in [2.75, 3.05) is 13.2 Å². The second-order valence-corrected chi connectivity index (χ2v) is 4.99. The van der Waals surface area contributed by atoms with E-state index >= 15 is 0 Å². The summed E-state index contributed by atoms with van der Waals surface area (Å²) in [6.45, 7) is 3.70. The van der Waals surface area contributed by atoms with E-state index in [1.165, 1.54) is 0 Å². The molecule has 3 rings (SSSR count). The van der Waals surface area contributed by atoms with Gasteiger partial charge in [0, 0.05) is 13.2 Å². The van der Waals surface area contributed by atoms with Crippen LogP contribution in [0.25, 0.3) is 0 Å². The average molecular weight is 210 g/mol. The third-order valence-corrected chi connectivity index (χ3v) is 3.80. The van der Waals surface area contributed by atoms with Crippen LogP contribution >= 0.6 is 0 Å². The van der Waals surface area contributed by atoms with Gasteiger partial charge in [-0.2, -0.15) is 0 Å². The van der Waals surface area contributed by atoms with Crippen LogP contribution in [0.5, 0.6) is 0 Å². The SMILES string of the molecule is CC1NC2(CC2)C(=O)N1CC1CCCO1. The van der Waals surface area contributed by atoms with E-state index in [0.29, 0.717) is 5.91 Å². The van der Waals surface area contributed by atoms with E-state index in [2.05, 4.69) is 12.2 Å². The predicted molar refractivity (Wildman–Crippen MR) is 55.2 cm³/mol. The van der Waals surface area contributed by atoms with Gasteiger partial charge in [-0.1, -0.05) is 0 Å². The van der Waals surface area contributed by atoms with Crippen LogP contribution in [0.15, 0.2) is 0 Å². The number of carbonyl (C=O) groups is 1. The highest BCUT2D eigenvalue weighted by Gasteiger charge is 2.58. The van der Waals surface area contributed by atoms with Crippen molar-refractivity contribution in [2.45, 2.75) is 50.4 Å². The predicted octanol–water partition coefficient (Wildman–Crippen LogP) is 0.476. The van der Waals surface area contributed by atoms with Gasteiger partial charge in [0.15, 0.2) is 0 Å². The van der Waals surface area contributed by atoms with Gasteiger partial charge in [0.05, 0.1) is 17.8 Å². The zero-order valence-electron chi connectivity index (χ0n) is 9.16. The van der Waals surface area contributed by atoms with Gasteiger partial charge in [0.2, 0.25) is 5.91 Å². The fraction of sp³-hybridized carbons (Fsp3) is 0.909. The van der Waals surface area contributed by atoms with Crippen molar-refractivity contribution in [2.24, 2.45) is 0 Å². The van der Waals surface area contributed by atoms with E-state index in [-0.39, 0.29) is 17.8 Å². The van der Waals surface area contributed by atoms with Crippen LogP contribution in [0, 0.1) is 0 Å². The lowest BCUT2D eigenvalue weighted by atomic mass is 10.2. The minimum Gasteiger partial charge on any atom is -0.376 e. The van der Waals surface area contributed by atoms with Gasteiger partial charge in [-0.05, 0) is 32.6 Å². The summed E-state index contributed by atoms with van der Waals surface area (Å²) < 4.78 is 5.58. The van der Waals surface area contributed by atoms with Crippen LogP contribution < -0.4 is 5.32 Å². The molecule has 2 heterocycles. The summed E-state index contributed by atoms with van der Waals surface area (Å²) in [6, 6.07) is 0. The maximum absolute atomic E-state index is 12.1. The third-order valence-electron chi connectivity index (χ3n) is 3.80. The maximum Gasteiger partial charge on any atom is 0.244 e. The van der Waals surface area contributed by atoms with Crippen LogP contribution in [0.3, 0.4) is 0 Å². The second kappa shape index (κ2) is 3.19. The molecule has 1 spiro atoms. The molecule has 2 aliphatic heterocycles. The molecule has 0 aromatic heterocycles. The van der Waals surface area contributed by atoms with Crippen LogP contribution in [0.2, 0.25) is 0 Å². The molecule has 1 aliphatic carbocycles. The van der Waals surface area contributed by atoms with Gasteiger partial charge in [-0.25, -0.2) is 0 Å². The highest BCUT2D eigenvalue weighted by molar-refractivity contribution is 5.91. The molecule has 3 aliphatic rings. The Hall–Kier alpha value is -0.610. The van der Waals surface area contributed by atoms with Crippen LogP contribution in [0.1, 0.15) is 32.6 Å². The lowest BCUT2D eigenvalue weighted by molar-refractivity contribution is -0.132. The highest BCUT2D eigenvalue weighted by Crippen LogP contribution is 2.42. The number of carbonyl (C=O) groups excluding carboxylic acids is 1. The molecule has 0 aromatic carbocycles. The summed E-state index contributed by atoms with van der Waals surface area (Å²) in [5.41, 5.74) is -0.169. The standard InChI is InChI=1S/C11H18N2O2/c1-8-12-11(4-5-11)10(14)13(8)7-9-3-2-6-15-9/h8-9,12H,2-7H2,1H3. The zero-order chi connectivity index (χ0) is 10.5. The summed E-state index contributed by atoms with van der Waals surface area (Å²) in [6.07, 6.45) is 4.72. The molecule has 2 atom stereocenters. The van der Waals surface area contributed by atoms with E-state index in [1.807, 2.05) is 4.90 Å². The molecular weight excluding hydrogens is 192 g/mol. The summed E-state index contributed by atoms with van der Waals surface area (Å²) in [4.78, 5) is 14.1. The minimum atomic E-state index is -0.169. The van der Waals surface area contributed by atoms with Gasteiger partial charge < -0.3 is 9.64 Å². The molecule has 4 nitrogen and oxygen atoms in total. The molecule has 2 saturated heterocycles. The second-order valence-electron chi connectivity index (χ2n) is 4.99. The van der Waals surface area contributed by atoms with E-state index in [4.69, 9.17) is 4.74 Å². The third kappa shape index (κ3) is 1.47. The minimum absolute atomic E-state index is 0.169. The first-order valence-electron chi connectivity index (χ1n) is 5.92. The monoisotopic (exact) mass is 210 g/mol. The quantitative estimate of drug-likeness (QED) is 0.720. The average Bonchev–Trinajstić information content (AvgIpc) is 2.73. The molecule has 1 saturated carbocycles. The number of nitrogens with one attached hydrogen (secondary N) is 1. The number of rotatable bonds is 2. The number of amides is 1. The molecule has 15 heavy (non-hydrogen) atoms. The van der Waals surface area contributed by atoms with Crippen LogP contribution in [-0.4, -0.2) is 41.8 Å². The summed E-state index contributed by atoms with van der Waals surface area (Å²) in [5, 5.41) is 3.40. The Morgan fingerprint density at radius 3 is 2.93 bits per heavy atom. The van der Waals surface area contributed by atoms with Crippen molar-refractivity contribution in [1.82, 2.24) is 10.2 Å². The Morgan fingerprint density at radius 2 is 2.40 bits per heavy atom. The zero-order valence-corrected chi connectivity index (χ0v) is 9.16. The Kier molecular flexibility index (Phi) is 2.04. The molecule has 84 valence electrons. The lowest BCUT2D eigenvalue weighted by Gasteiger charge is -2.23. The van der Waals surface area contributed by atoms with Gasteiger partial charge in [-0.15, -0.1) is 0 Å². The first-order chi connectivity index (χ1) is 7.21. The van der Waals surface area contributed by atoms with E-state index < -0.39 is 0 Å². The summed E-state index contributed by atoms with van der Waals surface area (Å²) >= 11 is 0. The largest absolute Gasteiger partial charge is 0.376 e. The summed E-state index contributed by atoms with van der Waals surface area (Å²) in [5.74, 6) is 0.297. The number of ether oxygens (including phenoxy) is 1. The van der Waals surface area contributed by atoms with E-state index in [9.17, 15) is 4.79 Å². The Bertz CT molecular complexity index is 282. The Morgan fingerprint density at radius 1 is 1.60 bits per heavy atom. The van der Waals surface area contributed by atoms with Crippen LogP contribution in [-0.2, 0) is 9.53 Å². The molecular formula is C11H18N2O2. The number of hydrogen-bond acceptors (Lipinski definition) is 3.